The number of hydrogen-bond donors (Lipinski definition) is 2. The second-order valence-electron chi connectivity index (χ2n) is 5.34. The predicted octanol–water partition coefficient (Wildman–Crippen LogP) is 4.09. The summed E-state index contributed by atoms with van der Waals surface area (Å²) in [5, 5.41) is 35.4. The summed E-state index contributed by atoms with van der Waals surface area (Å²) in [5.41, 5.74) is 2.27. The number of rotatable bonds is 8. The van der Waals surface area contributed by atoms with Gasteiger partial charge in [-0.15, -0.1) is 0 Å². The lowest BCUT2D eigenvalue weighted by Gasteiger charge is -2.21. The number of nitro benzene ring substituents is 1. The third-order valence-corrected chi connectivity index (χ3v) is 3.48. The molecule has 28 heavy (non-hydrogen) atoms. The van der Waals surface area contributed by atoms with E-state index in [0.29, 0.717) is 17.9 Å². The van der Waals surface area contributed by atoms with Gasteiger partial charge in [0.2, 0.25) is 0 Å². The summed E-state index contributed by atoms with van der Waals surface area (Å²) >= 11 is 0. The van der Waals surface area contributed by atoms with Crippen LogP contribution in [-0.4, -0.2) is 40.8 Å². The van der Waals surface area contributed by atoms with Gasteiger partial charge in [-0.1, -0.05) is 6.58 Å². The molecule has 0 bridgehead atoms. The molecule has 9 nitrogen and oxygen atoms in total. The Morgan fingerprint density at radius 2 is 1.61 bits per heavy atom. The van der Waals surface area contributed by atoms with E-state index in [2.05, 4.69) is 21.7 Å². The van der Waals surface area contributed by atoms with Crippen molar-refractivity contribution in [2.24, 2.45) is 10.2 Å². The van der Waals surface area contributed by atoms with Crippen molar-refractivity contribution in [2.45, 2.75) is 6.92 Å². The third-order valence-electron chi connectivity index (χ3n) is 3.48. The maximum Gasteiger partial charge on any atom is 0.327 e. The standard InChI is InChI=1S/C16H18N4O3.C3H4O2/c1-2-19(11-12-21)15-7-3-13(4-8-15)17-18-14-5-9-16(10-6-14)20(22)23;1-2-3(4)5/h3-10,21H,2,11-12H2,1H3;2H,1H2,(H,4,5). The second kappa shape index (κ2) is 11.9. The molecular formula is C19H22N4O5. The van der Waals surface area contributed by atoms with Crippen molar-refractivity contribution in [2.75, 3.05) is 24.6 Å². The largest absolute Gasteiger partial charge is 0.478 e. The quantitative estimate of drug-likeness (QED) is 0.304. The minimum Gasteiger partial charge on any atom is -0.478 e. The highest BCUT2D eigenvalue weighted by molar-refractivity contribution is 5.78. The first-order valence-electron chi connectivity index (χ1n) is 8.38. The SMILES string of the molecule is C=CC(=O)O.CCN(CCO)c1ccc(N=Nc2ccc([N+](=O)[O-])cc2)cc1. The first-order valence-corrected chi connectivity index (χ1v) is 8.38. The molecule has 0 heterocycles. The fraction of sp³-hybridized carbons (Fsp3) is 0.211. The third kappa shape index (κ3) is 7.75. The van der Waals surface area contributed by atoms with Crippen LogP contribution in [0.3, 0.4) is 0 Å². The Labute approximate surface area is 162 Å². The fourth-order valence-electron chi connectivity index (χ4n) is 2.08. The molecule has 2 rings (SSSR count). The van der Waals surface area contributed by atoms with Gasteiger partial charge >= 0.3 is 5.97 Å². The van der Waals surface area contributed by atoms with E-state index in [0.717, 1.165) is 18.3 Å². The maximum absolute atomic E-state index is 10.6. The lowest BCUT2D eigenvalue weighted by molar-refractivity contribution is -0.384. The van der Waals surface area contributed by atoms with E-state index in [9.17, 15) is 14.9 Å². The van der Waals surface area contributed by atoms with Crippen LogP contribution in [0.2, 0.25) is 0 Å². The highest BCUT2D eigenvalue weighted by Crippen LogP contribution is 2.23. The van der Waals surface area contributed by atoms with Gasteiger partial charge in [-0.05, 0) is 43.3 Å². The number of nitrogens with zero attached hydrogens (tertiary/aromatic N) is 4. The highest BCUT2D eigenvalue weighted by Gasteiger charge is 2.04. The second-order valence-corrected chi connectivity index (χ2v) is 5.34. The molecule has 148 valence electrons. The number of carboxylic acid groups (broad SMARTS) is 1. The molecule has 0 aliphatic carbocycles. The smallest absolute Gasteiger partial charge is 0.327 e. The lowest BCUT2D eigenvalue weighted by Crippen LogP contribution is -2.25. The summed E-state index contributed by atoms with van der Waals surface area (Å²) in [6.45, 7) is 6.49. The topological polar surface area (TPSA) is 129 Å². The number of anilines is 1. The number of carboxylic acids is 1. The maximum atomic E-state index is 10.6. The molecule has 0 aliphatic heterocycles. The Morgan fingerprint density at radius 1 is 1.14 bits per heavy atom. The molecule has 2 N–H and O–H groups in total. The molecule has 0 atom stereocenters. The molecule has 0 saturated carbocycles. The van der Waals surface area contributed by atoms with Crippen LogP contribution in [0, 0.1) is 10.1 Å². The summed E-state index contributed by atoms with van der Waals surface area (Å²) in [5.74, 6) is -0.981. The van der Waals surface area contributed by atoms with Crippen molar-refractivity contribution in [3.05, 3.63) is 71.3 Å². The summed E-state index contributed by atoms with van der Waals surface area (Å²) in [6.07, 6.45) is 0.833. The van der Waals surface area contributed by atoms with Crippen LogP contribution in [0.15, 0.2) is 71.4 Å². The first kappa shape index (κ1) is 22.5. The van der Waals surface area contributed by atoms with Crippen molar-refractivity contribution in [3.8, 4) is 0 Å². The van der Waals surface area contributed by atoms with Gasteiger partial charge in [0.15, 0.2) is 0 Å². The Morgan fingerprint density at radius 3 is 1.96 bits per heavy atom. The highest BCUT2D eigenvalue weighted by atomic mass is 16.6. The molecule has 0 spiro atoms. The van der Waals surface area contributed by atoms with Crippen molar-refractivity contribution >= 4 is 28.7 Å². The van der Waals surface area contributed by atoms with Crippen LogP contribution in [0.4, 0.5) is 22.7 Å². The fourth-order valence-corrected chi connectivity index (χ4v) is 2.08. The van der Waals surface area contributed by atoms with Gasteiger partial charge < -0.3 is 15.1 Å². The van der Waals surface area contributed by atoms with Crippen LogP contribution >= 0.6 is 0 Å². The first-order chi connectivity index (χ1) is 13.4. The Hall–Kier alpha value is -3.59. The monoisotopic (exact) mass is 386 g/mol. The number of aliphatic hydroxyl groups is 1. The summed E-state index contributed by atoms with van der Waals surface area (Å²) in [7, 11) is 0. The van der Waals surface area contributed by atoms with Gasteiger partial charge in [-0.25, -0.2) is 4.79 Å². The number of aliphatic carboxylic acids is 1. The molecule has 0 aromatic heterocycles. The van der Waals surface area contributed by atoms with Crippen LogP contribution < -0.4 is 4.90 Å². The number of hydrogen-bond acceptors (Lipinski definition) is 7. The summed E-state index contributed by atoms with van der Waals surface area (Å²) in [6, 6.07) is 13.4. The number of azo groups is 1. The van der Waals surface area contributed by atoms with Crippen LogP contribution in [-0.2, 0) is 4.79 Å². The van der Waals surface area contributed by atoms with Gasteiger partial charge in [0.05, 0.1) is 22.9 Å². The molecule has 9 heteroatoms. The van der Waals surface area contributed by atoms with Gasteiger partial charge in [-0.2, -0.15) is 10.2 Å². The number of nitro groups is 1. The minimum atomic E-state index is -0.981. The van der Waals surface area contributed by atoms with Crippen molar-refractivity contribution in [1.82, 2.24) is 0 Å². The average Bonchev–Trinajstić information content (AvgIpc) is 2.71. The number of benzene rings is 2. The molecule has 2 aromatic rings. The molecule has 0 saturated heterocycles. The normalized spacial score (nSPS) is 10.1. The molecule has 0 fully saturated rings. The van der Waals surface area contributed by atoms with Gasteiger partial charge in [0, 0.05) is 37.0 Å². The lowest BCUT2D eigenvalue weighted by atomic mass is 10.2. The number of aliphatic hydroxyl groups excluding tert-OH is 1. The zero-order chi connectivity index (χ0) is 20.9. The molecule has 0 aliphatic rings. The Kier molecular flexibility index (Phi) is 9.55. The van der Waals surface area contributed by atoms with E-state index in [1.165, 1.54) is 12.1 Å². The molecule has 0 unspecified atom stereocenters. The van der Waals surface area contributed by atoms with Gasteiger partial charge in [0.25, 0.3) is 5.69 Å². The summed E-state index contributed by atoms with van der Waals surface area (Å²) < 4.78 is 0. The number of likely N-dealkylation sites (N-methyl/N-ethyl adjacent to an activating group) is 1. The molecular weight excluding hydrogens is 364 g/mol. The van der Waals surface area contributed by atoms with Crippen molar-refractivity contribution in [1.29, 1.82) is 0 Å². The molecule has 2 aromatic carbocycles. The van der Waals surface area contributed by atoms with E-state index in [-0.39, 0.29) is 12.3 Å². The van der Waals surface area contributed by atoms with Crippen LogP contribution in [0.25, 0.3) is 0 Å². The van der Waals surface area contributed by atoms with E-state index < -0.39 is 10.9 Å². The van der Waals surface area contributed by atoms with Crippen molar-refractivity contribution < 1.29 is 19.9 Å². The van der Waals surface area contributed by atoms with Crippen molar-refractivity contribution in [3.63, 3.8) is 0 Å². The minimum absolute atomic E-state index is 0.0249. The van der Waals surface area contributed by atoms with Crippen LogP contribution in [0.1, 0.15) is 6.92 Å². The van der Waals surface area contributed by atoms with E-state index in [1.807, 2.05) is 31.2 Å². The zero-order valence-electron chi connectivity index (χ0n) is 15.4. The van der Waals surface area contributed by atoms with Gasteiger partial charge in [-0.3, -0.25) is 10.1 Å². The summed E-state index contributed by atoms with van der Waals surface area (Å²) in [4.78, 5) is 21.4. The molecule has 0 amide bonds. The number of non-ortho nitro benzene ring substituents is 1. The van der Waals surface area contributed by atoms with Crippen LogP contribution in [0.5, 0.6) is 0 Å². The Balaban J connectivity index is 0.000000696. The Bertz CT molecular complexity index is 804. The zero-order valence-corrected chi connectivity index (χ0v) is 15.4. The van der Waals surface area contributed by atoms with E-state index in [1.54, 1.807) is 12.1 Å². The average molecular weight is 386 g/mol. The van der Waals surface area contributed by atoms with E-state index >= 15 is 0 Å². The predicted molar refractivity (Wildman–Crippen MR) is 107 cm³/mol. The number of carbonyl (C=O) groups is 1. The molecule has 0 radical (unpaired) electrons. The van der Waals surface area contributed by atoms with Gasteiger partial charge in [0.1, 0.15) is 0 Å². The van der Waals surface area contributed by atoms with E-state index in [4.69, 9.17) is 10.2 Å².